The van der Waals surface area contributed by atoms with Crippen molar-refractivity contribution in [3.8, 4) is 0 Å². The molecule has 1 rings (SSSR count). The smallest absolute Gasteiger partial charge is 0.220 e. The van der Waals surface area contributed by atoms with Crippen molar-refractivity contribution in [3.05, 3.63) is 11.9 Å². The summed E-state index contributed by atoms with van der Waals surface area (Å²) in [5.74, 6) is 0.0860. The van der Waals surface area contributed by atoms with E-state index in [1.165, 1.54) is 0 Å². The molecule has 0 radical (unpaired) electrons. The lowest BCUT2D eigenvalue weighted by atomic mass is 10.2. The van der Waals surface area contributed by atoms with E-state index in [0.29, 0.717) is 12.8 Å². The van der Waals surface area contributed by atoms with E-state index in [1.807, 2.05) is 47.7 Å². The largest absolute Gasteiger partial charge is 0.356 e. The Hall–Kier alpha value is -1.39. The van der Waals surface area contributed by atoms with Crippen LogP contribution in [0.4, 0.5) is 0 Å². The van der Waals surface area contributed by atoms with Gasteiger partial charge in [-0.25, -0.2) is 0 Å². The molecule has 1 amide bonds. The lowest BCUT2D eigenvalue weighted by Gasteiger charge is -2.00. The molecule has 0 saturated heterocycles. The van der Waals surface area contributed by atoms with E-state index in [2.05, 4.69) is 15.6 Å². The molecular formula is C14H30N4O. The average molecular weight is 270 g/mol. The molecule has 0 aliphatic carbocycles. The van der Waals surface area contributed by atoms with Crippen LogP contribution in [-0.4, -0.2) is 27.4 Å². The van der Waals surface area contributed by atoms with Gasteiger partial charge >= 0.3 is 0 Å². The molecule has 0 aliphatic rings. The highest BCUT2D eigenvalue weighted by Gasteiger charge is 2.04. The Morgan fingerprint density at radius 3 is 2.37 bits per heavy atom. The molecule has 19 heavy (non-hydrogen) atoms. The molecule has 0 atom stereocenters. The quantitative estimate of drug-likeness (QED) is 0.864. The van der Waals surface area contributed by atoms with Crippen LogP contribution >= 0.6 is 0 Å². The zero-order chi connectivity index (χ0) is 15.1. The van der Waals surface area contributed by atoms with Crippen molar-refractivity contribution in [2.75, 3.05) is 6.54 Å². The monoisotopic (exact) mass is 270 g/mol. The van der Waals surface area contributed by atoms with Crippen LogP contribution in [0.15, 0.2) is 6.20 Å². The molecule has 0 saturated carbocycles. The van der Waals surface area contributed by atoms with E-state index in [0.717, 1.165) is 25.2 Å². The minimum absolute atomic E-state index is 0.0860. The second kappa shape index (κ2) is 14.7. The number of hydrogen-bond acceptors (Lipinski definition) is 3. The zero-order valence-electron chi connectivity index (χ0n) is 13.4. The van der Waals surface area contributed by atoms with Crippen molar-refractivity contribution in [2.24, 2.45) is 0 Å². The second-order valence-electron chi connectivity index (χ2n) is 3.42. The fourth-order valence-corrected chi connectivity index (χ4v) is 1.20. The highest BCUT2D eigenvalue weighted by atomic mass is 16.1. The topological polar surface area (TPSA) is 59.8 Å². The number of nitrogens with zero attached hydrogens (tertiary/aromatic N) is 3. The van der Waals surface area contributed by atoms with E-state index in [1.54, 1.807) is 4.68 Å². The minimum atomic E-state index is 0.0860. The van der Waals surface area contributed by atoms with Crippen LogP contribution in [0.5, 0.6) is 0 Å². The fraction of sp³-hybridized carbons (Fsp3) is 0.786. The van der Waals surface area contributed by atoms with Crippen LogP contribution in [0, 0.1) is 0 Å². The summed E-state index contributed by atoms with van der Waals surface area (Å²) in [5, 5.41) is 10.7. The Morgan fingerprint density at radius 1 is 1.26 bits per heavy atom. The highest BCUT2D eigenvalue weighted by molar-refractivity contribution is 5.75. The Morgan fingerprint density at radius 2 is 1.89 bits per heavy atom. The number of rotatable bonds is 6. The summed E-state index contributed by atoms with van der Waals surface area (Å²) in [7, 11) is 0. The number of aromatic nitrogens is 3. The summed E-state index contributed by atoms with van der Waals surface area (Å²) in [6, 6.07) is 0. The molecule has 0 unspecified atom stereocenters. The molecule has 0 spiro atoms. The molecular weight excluding hydrogens is 240 g/mol. The predicted molar refractivity (Wildman–Crippen MR) is 80.0 cm³/mol. The van der Waals surface area contributed by atoms with Crippen LogP contribution in [-0.2, 0) is 17.8 Å². The fourth-order valence-electron chi connectivity index (χ4n) is 1.20. The van der Waals surface area contributed by atoms with Gasteiger partial charge in [-0.15, -0.1) is 5.10 Å². The molecule has 0 aliphatic heterocycles. The van der Waals surface area contributed by atoms with Crippen LogP contribution < -0.4 is 5.32 Å². The first-order chi connectivity index (χ1) is 9.26. The lowest BCUT2D eigenvalue weighted by Crippen LogP contribution is -2.24. The van der Waals surface area contributed by atoms with Gasteiger partial charge in [0, 0.05) is 32.1 Å². The standard InChI is InChI=1S/C10H18N4O.2C2H6/c1-3-7-11-10(15)6-5-9-8-14(4-2)13-12-9;2*1-2/h8H,3-7H2,1-2H3,(H,11,15);2*1-2H3. The molecule has 1 N–H and O–H groups in total. The van der Waals surface area contributed by atoms with Crippen molar-refractivity contribution < 1.29 is 4.79 Å². The van der Waals surface area contributed by atoms with Gasteiger partial charge in [-0.1, -0.05) is 39.8 Å². The van der Waals surface area contributed by atoms with Crippen LogP contribution in [0.3, 0.4) is 0 Å². The number of hydrogen-bond donors (Lipinski definition) is 1. The van der Waals surface area contributed by atoms with Gasteiger partial charge in [-0.2, -0.15) is 0 Å². The summed E-state index contributed by atoms with van der Waals surface area (Å²) in [4.78, 5) is 11.3. The number of nitrogens with one attached hydrogen (secondary N) is 1. The molecule has 112 valence electrons. The first kappa shape index (κ1) is 19.9. The molecule has 1 heterocycles. The second-order valence-corrected chi connectivity index (χ2v) is 3.42. The third kappa shape index (κ3) is 10.2. The van der Waals surface area contributed by atoms with Crippen molar-refractivity contribution in [3.63, 3.8) is 0 Å². The van der Waals surface area contributed by atoms with Gasteiger partial charge in [0.25, 0.3) is 0 Å². The number of carbonyl (C=O) groups excluding carboxylic acids is 1. The SMILES string of the molecule is CC.CC.CCCNC(=O)CCc1cn(CC)nn1. The maximum Gasteiger partial charge on any atom is 0.220 e. The Bertz CT molecular complexity index is 310. The summed E-state index contributed by atoms with van der Waals surface area (Å²) >= 11 is 0. The third-order valence-electron chi connectivity index (χ3n) is 2.09. The molecule has 5 nitrogen and oxygen atoms in total. The van der Waals surface area contributed by atoms with Crippen molar-refractivity contribution in [2.45, 2.75) is 67.3 Å². The predicted octanol–water partition coefficient (Wildman–Crippen LogP) is 2.81. The first-order valence-electron chi connectivity index (χ1n) is 7.42. The molecule has 0 aromatic carbocycles. The van der Waals surface area contributed by atoms with E-state index in [-0.39, 0.29) is 5.91 Å². The van der Waals surface area contributed by atoms with Gasteiger partial charge in [0.1, 0.15) is 0 Å². The first-order valence-corrected chi connectivity index (χ1v) is 7.42. The van der Waals surface area contributed by atoms with E-state index in [9.17, 15) is 4.79 Å². The molecule has 0 fully saturated rings. The highest BCUT2D eigenvalue weighted by Crippen LogP contribution is 1.97. The van der Waals surface area contributed by atoms with Crippen molar-refractivity contribution >= 4 is 5.91 Å². The molecule has 1 aromatic rings. The van der Waals surface area contributed by atoms with Crippen molar-refractivity contribution in [1.82, 2.24) is 20.3 Å². The van der Waals surface area contributed by atoms with Gasteiger partial charge < -0.3 is 5.32 Å². The molecule has 5 heteroatoms. The van der Waals surface area contributed by atoms with E-state index in [4.69, 9.17) is 0 Å². The zero-order valence-corrected chi connectivity index (χ0v) is 13.4. The number of carbonyl (C=O) groups is 1. The third-order valence-corrected chi connectivity index (χ3v) is 2.09. The average Bonchev–Trinajstić information content (AvgIpc) is 2.95. The normalized spacial score (nSPS) is 8.74. The van der Waals surface area contributed by atoms with Gasteiger partial charge in [0.2, 0.25) is 5.91 Å². The molecule has 1 aromatic heterocycles. The van der Waals surface area contributed by atoms with Gasteiger partial charge in [-0.3, -0.25) is 9.48 Å². The summed E-state index contributed by atoms with van der Waals surface area (Å²) in [6.07, 6.45) is 4.00. The van der Waals surface area contributed by atoms with Gasteiger partial charge in [0.15, 0.2) is 0 Å². The number of amides is 1. The number of aryl methyl sites for hydroxylation is 2. The Labute approximate surface area is 117 Å². The minimum Gasteiger partial charge on any atom is -0.356 e. The maximum absolute atomic E-state index is 11.3. The van der Waals surface area contributed by atoms with E-state index < -0.39 is 0 Å². The summed E-state index contributed by atoms with van der Waals surface area (Å²) < 4.78 is 1.76. The lowest BCUT2D eigenvalue weighted by molar-refractivity contribution is -0.121. The maximum atomic E-state index is 11.3. The Balaban J connectivity index is 0. The van der Waals surface area contributed by atoms with Crippen LogP contribution in [0.1, 0.15) is 60.1 Å². The molecule has 0 bridgehead atoms. The Kier molecular flexibility index (Phi) is 15.4. The summed E-state index contributed by atoms with van der Waals surface area (Å²) in [6.45, 7) is 13.6. The van der Waals surface area contributed by atoms with Gasteiger partial charge in [-0.05, 0) is 13.3 Å². The van der Waals surface area contributed by atoms with Gasteiger partial charge in [0.05, 0.1) is 5.69 Å². The van der Waals surface area contributed by atoms with Crippen LogP contribution in [0.25, 0.3) is 0 Å². The van der Waals surface area contributed by atoms with E-state index >= 15 is 0 Å². The summed E-state index contributed by atoms with van der Waals surface area (Å²) in [5.41, 5.74) is 0.878. The van der Waals surface area contributed by atoms with Crippen LogP contribution in [0.2, 0.25) is 0 Å². The van der Waals surface area contributed by atoms with Crippen molar-refractivity contribution in [1.29, 1.82) is 0 Å².